The zero-order chi connectivity index (χ0) is 78.8. The number of hydrogen-bond donors (Lipinski definition) is 0. The van der Waals surface area contributed by atoms with Gasteiger partial charge in [0.05, 0.1) is 50.2 Å². The average molecular weight is 1540 g/mol. The molecule has 0 saturated heterocycles. The minimum atomic E-state index is -0.325. The number of nitrogens with zero attached hydrogens (tertiary/aromatic N) is 6. The molecule has 0 amide bonds. The van der Waals surface area contributed by atoms with Gasteiger partial charge in [-0.2, -0.15) is 0 Å². The fourth-order valence-corrected chi connectivity index (χ4v) is 22.2. The summed E-state index contributed by atoms with van der Waals surface area (Å²) < 4.78 is 22.4. The maximum Gasteiger partial charge on any atom is 0.248 e. The minimum absolute atomic E-state index is 0.118. The molecule has 0 aliphatic carbocycles. The Bertz CT molecular complexity index is 8040. The highest BCUT2D eigenvalue weighted by Crippen LogP contribution is 2.55. The van der Waals surface area contributed by atoms with Crippen LogP contribution in [0.15, 0.2) is 400 Å². The molecule has 12 heteroatoms. The molecule has 0 unspecified atom stereocenters. The Morgan fingerprint density at radius 3 is 1.44 bits per heavy atom. The van der Waals surface area contributed by atoms with Crippen molar-refractivity contribution in [1.82, 2.24) is 18.5 Å². The third-order valence-electron chi connectivity index (χ3n) is 26.9. The molecule has 0 fully saturated rings. The first-order valence-electron chi connectivity index (χ1n) is 42.0. The van der Waals surface area contributed by atoms with E-state index in [0.717, 1.165) is 124 Å². The van der Waals surface area contributed by atoms with Crippen LogP contribution in [0.1, 0.15) is 0 Å². The van der Waals surface area contributed by atoms with Crippen LogP contribution >= 0.6 is 0 Å². The van der Waals surface area contributed by atoms with Gasteiger partial charge >= 0.3 is 0 Å². The summed E-state index contributed by atoms with van der Waals surface area (Å²) in [5.74, 6) is 4.08. The van der Waals surface area contributed by atoms with Crippen molar-refractivity contribution in [2.45, 2.75) is 0 Å². The van der Waals surface area contributed by atoms with Crippen LogP contribution in [0, 0.1) is 0 Å². The molecule has 3 aromatic heterocycles. The summed E-state index contributed by atoms with van der Waals surface area (Å²) in [7, 11) is 0. The third-order valence-corrected chi connectivity index (χ3v) is 26.9. The van der Waals surface area contributed by atoms with Crippen LogP contribution in [-0.2, 0) is 0 Å². The van der Waals surface area contributed by atoms with Crippen LogP contribution < -0.4 is 84.8 Å². The van der Waals surface area contributed by atoms with Gasteiger partial charge in [-0.1, -0.05) is 349 Å². The lowest BCUT2D eigenvalue weighted by Crippen LogP contribution is -2.65. The highest BCUT2D eigenvalue weighted by molar-refractivity contribution is 7.04. The van der Waals surface area contributed by atoms with Gasteiger partial charge in [-0.25, -0.2) is 4.98 Å². The van der Waals surface area contributed by atoms with Crippen LogP contribution in [-0.4, -0.2) is 45.4 Å². The van der Waals surface area contributed by atoms with Gasteiger partial charge in [0.2, 0.25) is 32.6 Å². The zero-order valence-electron chi connectivity index (χ0n) is 65.4. The van der Waals surface area contributed by atoms with E-state index in [1.165, 1.54) is 115 Å². The molecule has 0 saturated carbocycles. The number of para-hydroxylation sites is 9. The SMILES string of the molecule is c1ccc(-c2ccccc2B2c3cc4c(cc3N3c5ccc(-c6cccc(B7c8cccc9c8N(c8ccccc8B9c8ccccc8-c8ccccc8)c8cc9c%10c(c87)c7ccccc7n%10-c7ccccc7O9)c6-c6ccccc6)cc5Oc5cccc2c53)-n2c3c(cccc3n3c5ccccc5nc23)B4c2ccccc2-c2ccccc2)cc1. The molecule has 21 aromatic rings. The van der Waals surface area contributed by atoms with E-state index in [-0.39, 0.29) is 26.9 Å². The first-order chi connectivity index (χ1) is 60.1. The van der Waals surface area contributed by atoms with E-state index < -0.39 is 0 Å². The Labute approximate surface area is 699 Å². The van der Waals surface area contributed by atoms with Crippen LogP contribution in [0.2, 0.25) is 0 Å². The lowest BCUT2D eigenvalue weighted by Gasteiger charge is -2.44. The predicted octanol–water partition coefficient (Wildman–Crippen LogP) is 18.3. The largest absolute Gasteiger partial charge is 0.453 e. The quantitative estimate of drug-likeness (QED) is 0.135. The molecule has 8 nitrogen and oxygen atoms in total. The number of benzene rings is 18. The van der Waals surface area contributed by atoms with Gasteiger partial charge in [-0.05, 0) is 166 Å². The van der Waals surface area contributed by atoms with E-state index in [2.05, 4.69) is 424 Å². The Morgan fingerprint density at radius 1 is 0.240 bits per heavy atom. The minimum Gasteiger partial charge on any atom is -0.453 e. The molecule has 556 valence electrons. The fourth-order valence-electron chi connectivity index (χ4n) is 22.2. The van der Waals surface area contributed by atoms with Crippen LogP contribution in [0.4, 0.5) is 34.1 Å². The molecular weight excluding hydrogens is 1470 g/mol. The Kier molecular flexibility index (Phi) is 14.0. The molecule has 0 atom stereocenters. The van der Waals surface area contributed by atoms with Gasteiger partial charge < -0.3 is 23.8 Å². The van der Waals surface area contributed by atoms with E-state index in [1.807, 2.05) is 0 Å². The van der Waals surface area contributed by atoms with Crippen molar-refractivity contribution in [3.63, 3.8) is 0 Å². The summed E-state index contributed by atoms with van der Waals surface area (Å²) in [6.45, 7) is -0.866. The molecule has 18 aromatic carbocycles. The molecule has 6 aliphatic heterocycles. The standard InChI is InChI=1S/C109H66B4N6O2/c1-5-31-67(32-6-1)72-39-13-17-44-77(72)110-80-47-20-23-55-90(80)116-97-66-101-108-103(76-42-16-22-54-89(76)115(108)92-57-25-26-59-98(92)120-101)104(97)113(83-50-28-49-82(110)105(83)116)81-48-27-43-75(102(81)70-37-11-4-12-38-70)71-61-62-93-100(63-71)121-99-60-30-52-85-107(99)117(93)95-65-96-87(64-86(95)112(85)79-46-19-15-41-74(79)69-35-9-3-10-36-69)111(78-45-18-14-40-73(78)68-33-7-2-8-34-68)84-51-29-58-94-106(84)119(96)109-114-88-53-21-24-56-91(88)118(94)109/h1-66H. The zero-order valence-corrected chi connectivity index (χ0v) is 65.4. The van der Waals surface area contributed by atoms with Crippen molar-refractivity contribution in [2.24, 2.45) is 0 Å². The van der Waals surface area contributed by atoms with Crippen molar-refractivity contribution in [2.75, 3.05) is 9.80 Å². The number of rotatable bonds is 9. The van der Waals surface area contributed by atoms with Crippen LogP contribution in [0.25, 0.3) is 117 Å². The molecule has 0 spiro atoms. The summed E-state index contributed by atoms with van der Waals surface area (Å²) in [5, 5.41) is 2.34. The number of aromatic nitrogens is 4. The third kappa shape index (κ3) is 9.36. The van der Waals surface area contributed by atoms with Crippen molar-refractivity contribution >= 4 is 176 Å². The number of anilines is 6. The van der Waals surface area contributed by atoms with Gasteiger partial charge in [0.15, 0.2) is 23.0 Å². The summed E-state index contributed by atoms with van der Waals surface area (Å²) in [4.78, 5) is 10.8. The lowest BCUT2D eigenvalue weighted by atomic mass is 9.29. The van der Waals surface area contributed by atoms with Gasteiger partial charge in [-0.3, -0.25) is 8.97 Å². The Morgan fingerprint density at radius 2 is 0.727 bits per heavy atom. The average Bonchev–Trinajstić information content (AvgIpc) is 1.62. The number of ether oxygens (including phenoxy) is 2. The fraction of sp³-hybridized carbons (Fsp3) is 0. The number of fused-ring (bicyclic) bond motifs is 21. The van der Waals surface area contributed by atoms with E-state index >= 15 is 0 Å². The van der Waals surface area contributed by atoms with Gasteiger partial charge in [-0.15, -0.1) is 0 Å². The molecular formula is C109H66B4N6O2. The van der Waals surface area contributed by atoms with E-state index in [4.69, 9.17) is 14.5 Å². The molecule has 27 rings (SSSR count). The molecule has 9 heterocycles. The second kappa shape index (κ2) is 25.5. The first kappa shape index (κ1) is 66.6. The summed E-state index contributed by atoms with van der Waals surface area (Å²) in [5.41, 5.74) is 41.3. The normalized spacial score (nSPS) is 13.3. The number of imidazole rings is 2. The molecule has 0 bridgehead atoms. The van der Waals surface area contributed by atoms with Gasteiger partial charge in [0.25, 0.3) is 0 Å². The van der Waals surface area contributed by atoms with Gasteiger partial charge in [0, 0.05) is 45.3 Å². The second-order valence-electron chi connectivity index (χ2n) is 32.9. The lowest BCUT2D eigenvalue weighted by molar-refractivity contribution is 0.476. The van der Waals surface area contributed by atoms with Crippen molar-refractivity contribution < 1.29 is 9.47 Å². The van der Waals surface area contributed by atoms with Gasteiger partial charge in [0.1, 0.15) is 0 Å². The smallest absolute Gasteiger partial charge is 0.248 e. The maximum atomic E-state index is 7.72. The van der Waals surface area contributed by atoms with E-state index in [9.17, 15) is 0 Å². The monoisotopic (exact) mass is 1530 g/mol. The summed E-state index contributed by atoms with van der Waals surface area (Å²) in [6.07, 6.45) is 0. The number of hydrogen-bond acceptors (Lipinski definition) is 5. The second-order valence-corrected chi connectivity index (χ2v) is 32.9. The first-order valence-corrected chi connectivity index (χ1v) is 42.0. The molecule has 6 aliphatic rings. The van der Waals surface area contributed by atoms with Crippen molar-refractivity contribution in [3.8, 4) is 90.0 Å². The molecule has 121 heavy (non-hydrogen) atoms. The summed E-state index contributed by atoms with van der Waals surface area (Å²) in [6, 6.07) is 149. The topological polar surface area (TPSA) is 52.1 Å². The maximum absolute atomic E-state index is 7.72. The van der Waals surface area contributed by atoms with E-state index in [1.54, 1.807) is 0 Å². The predicted molar refractivity (Wildman–Crippen MR) is 505 cm³/mol. The highest BCUT2D eigenvalue weighted by Gasteiger charge is 2.49. The van der Waals surface area contributed by atoms with Crippen LogP contribution in [0.5, 0.6) is 23.0 Å². The van der Waals surface area contributed by atoms with Crippen molar-refractivity contribution in [1.29, 1.82) is 0 Å². The van der Waals surface area contributed by atoms with Crippen LogP contribution in [0.3, 0.4) is 0 Å². The Hall–Kier alpha value is -15.5. The highest BCUT2D eigenvalue weighted by atomic mass is 16.5. The summed E-state index contributed by atoms with van der Waals surface area (Å²) >= 11 is 0. The van der Waals surface area contributed by atoms with Crippen molar-refractivity contribution in [3.05, 3.63) is 400 Å². The molecule has 0 N–H and O–H groups in total. The molecule has 0 radical (unpaired) electrons. The Balaban J connectivity index is 0.706. The van der Waals surface area contributed by atoms with E-state index in [0.29, 0.717) is 0 Å².